The first kappa shape index (κ1) is 13.0. The van der Waals surface area contributed by atoms with Crippen LogP contribution in [0.25, 0.3) is 0 Å². The molecule has 5 nitrogen and oxygen atoms in total. The molecule has 2 rings (SSSR count). The standard InChI is InChI=1S/C12H17N3O2S/c1-7(2)5-10(16)15-12-14-9(6-18-12)11(17)13-8-3-4-8/h6-8H,3-5H2,1-2H3,(H,13,17)(H,14,15,16). The van der Waals surface area contributed by atoms with Crippen molar-refractivity contribution in [3.63, 3.8) is 0 Å². The molecule has 1 aromatic heterocycles. The molecular formula is C12H17N3O2S. The molecule has 1 heterocycles. The zero-order valence-electron chi connectivity index (χ0n) is 10.5. The van der Waals surface area contributed by atoms with E-state index in [1.54, 1.807) is 5.38 Å². The number of anilines is 1. The van der Waals surface area contributed by atoms with Gasteiger partial charge < -0.3 is 10.6 Å². The van der Waals surface area contributed by atoms with Crippen LogP contribution in [0.2, 0.25) is 0 Å². The molecule has 98 valence electrons. The summed E-state index contributed by atoms with van der Waals surface area (Å²) in [6.45, 7) is 3.96. The Morgan fingerprint density at radius 2 is 2.22 bits per heavy atom. The van der Waals surface area contributed by atoms with Gasteiger partial charge in [0, 0.05) is 17.8 Å². The quantitative estimate of drug-likeness (QED) is 0.857. The second kappa shape index (κ2) is 5.48. The van der Waals surface area contributed by atoms with Crippen molar-refractivity contribution in [2.75, 3.05) is 5.32 Å². The lowest BCUT2D eigenvalue weighted by atomic mass is 10.1. The zero-order valence-corrected chi connectivity index (χ0v) is 11.3. The van der Waals surface area contributed by atoms with Gasteiger partial charge in [0.2, 0.25) is 5.91 Å². The molecule has 1 aliphatic carbocycles. The van der Waals surface area contributed by atoms with Gasteiger partial charge in [0.05, 0.1) is 0 Å². The Bertz CT molecular complexity index is 452. The number of nitrogens with zero attached hydrogens (tertiary/aromatic N) is 1. The Morgan fingerprint density at radius 1 is 1.50 bits per heavy atom. The molecule has 0 aromatic carbocycles. The van der Waals surface area contributed by atoms with Crippen LogP contribution in [0.3, 0.4) is 0 Å². The first-order valence-electron chi connectivity index (χ1n) is 6.11. The molecular weight excluding hydrogens is 250 g/mol. The minimum absolute atomic E-state index is 0.0616. The molecule has 0 bridgehead atoms. The first-order chi connectivity index (χ1) is 8.54. The lowest BCUT2D eigenvalue weighted by Gasteiger charge is -2.03. The Hall–Kier alpha value is -1.43. The van der Waals surface area contributed by atoms with Crippen molar-refractivity contribution in [1.29, 1.82) is 0 Å². The molecule has 1 aliphatic rings. The maximum Gasteiger partial charge on any atom is 0.271 e. The molecule has 2 amide bonds. The smallest absolute Gasteiger partial charge is 0.271 e. The number of rotatable bonds is 5. The van der Waals surface area contributed by atoms with Crippen LogP contribution in [0.4, 0.5) is 5.13 Å². The summed E-state index contributed by atoms with van der Waals surface area (Å²) in [6.07, 6.45) is 2.56. The molecule has 0 radical (unpaired) electrons. The highest BCUT2D eigenvalue weighted by Gasteiger charge is 2.24. The van der Waals surface area contributed by atoms with Crippen LogP contribution in [-0.4, -0.2) is 22.8 Å². The molecule has 0 atom stereocenters. The summed E-state index contributed by atoms with van der Waals surface area (Å²) in [5.41, 5.74) is 0.381. The Labute approximate surface area is 110 Å². The van der Waals surface area contributed by atoms with Crippen LogP contribution < -0.4 is 10.6 Å². The van der Waals surface area contributed by atoms with Gasteiger partial charge in [-0.15, -0.1) is 11.3 Å². The number of hydrogen-bond donors (Lipinski definition) is 2. The van der Waals surface area contributed by atoms with Crippen molar-refractivity contribution < 1.29 is 9.59 Å². The van der Waals surface area contributed by atoms with E-state index in [1.165, 1.54) is 11.3 Å². The van der Waals surface area contributed by atoms with Crippen LogP contribution in [0.1, 0.15) is 43.6 Å². The molecule has 0 spiro atoms. The second-order valence-corrected chi connectivity index (χ2v) is 5.79. The molecule has 2 N–H and O–H groups in total. The highest BCUT2D eigenvalue weighted by molar-refractivity contribution is 7.14. The van der Waals surface area contributed by atoms with E-state index in [2.05, 4.69) is 15.6 Å². The summed E-state index contributed by atoms with van der Waals surface area (Å²) in [6, 6.07) is 0.318. The predicted molar refractivity (Wildman–Crippen MR) is 70.7 cm³/mol. The summed E-state index contributed by atoms with van der Waals surface area (Å²) >= 11 is 1.28. The molecule has 1 fully saturated rings. The number of amides is 2. The first-order valence-corrected chi connectivity index (χ1v) is 6.99. The summed E-state index contributed by atoms with van der Waals surface area (Å²) < 4.78 is 0. The third-order valence-electron chi connectivity index (χ3n) is 2.49. The lowest BCUT2D eigenvalue weighted by Crippen LogP contribution is -2.25. The number of hydrogen-bond acceptors (Lipinski definition) is 4. The van der Waals surface area contributed by atoms with Crippen LogP contribution in [0.5, 0.6) is 0 Å². The summed E-state index contributed by atoms with van der Waals surface area (Å²) in [5.74, 6) is 0.0919. The van der Waals surface area contributed by atoms with Gasteiger partial charge in [0.25, 0.3) is 5.91 Å². The van der Waals surface area contributed by atoms with Gasteiger partial charge in [-0.2, -0.15) is 0 Å². The highest BCUT2D eigenvalue weighted by Crippen LogP contribution is 2.21. The Kier molecular flexibility index (Phi) is 3.96. The number of carbonyl (C=O) groups is 2. The van der Waals surface area contributed by atoms with Crippen molar-refractivity contribution in [1.82, 2.24) is 10.3 Å². The fourth-order valence-electron chi connectivity index (χ4n) is 1.46. The van der Waals surface area contributed by atoms with Gasteiger partial charge >= 0.3 is 0 Å². The summed E-state index contributed by atoms with van der Waals surface area (Å²) in [4.78, 5) is 27.3. The van der Waals surface area contributed by atoms with E-state index in [9.17, 15) is 9.59 Å². The maximum absolute atomic E-state index is 11.7. The molecule has 0 aliphatic heterocycles. The van der Waals surface area contributed by atoms with Crippen LogP contribution in [-0.2, 0) is 4.79 Å². The average Bonchev–Trinajstić information content (AvgIpc) is 2.94. The normalized spacial score (nSPS) is 14.6. The van der Waals surface area contributed by atoms with Gasteiger partial charge in [-0.3, -0.25) is 9.59 Å². The third-order valence-corrected chi connectivity index (χ3v) is 3.25. The van der Waals surface area contributed by atoms with Crippen molar-refractivity contribution in [2.24, 2.45) is 5.92 Å². The fourth-order valence-corrected chi connectivity index (χ4v) is 2.17. The van der Waals surface area contributed by atoms with Gasteiger partial charge in [-0.05, 0) is 18.8 Å². The molecule has 18 heavy (non-hydrogen) atoms. The largest absolute Gasteiger partial charge is 0.348 e. The van der Waals surface area contributed by atoms with E-state index in [4.69, 9.17) is 0 Å². The molecule has 0 unspecified atom stereocenters. The van der Waals surface area contributed by atoms with Gasteiger partial charge in [0.1, 0.15) is 5.69 Å². The van der Waals surface area contributed by atoms with Crippen LogP contribution in [0, 0.1) is 5.92 Å². The van der Waals surface area contributed by atoms with Gasteiger partial charge in [-0.1, -0.05) is 13.8 Å². The van der Waals surface area contributed by atoms with Crippen molar-refractivity contribution >= 4 is 28.3 Å². The van der Waals surface area contributed by atoms with Crippen molar-refractivity contribution in [2.45, 2.75) is 39.2 Å². The average molecular weight is 267 g/mol. The minimum Gasteiger partial charge on any atom is -0.348 e. The number of aromatic nitrogens is 1. The lowest BCUT2D eigenvalue weighted by molar-refractivity contribution is -0.116. The van der Waals surface area contributed by atoms with Gasteiger partial charge in [0.15, 0.2) is 5.13 Å². The highest BCUT2D eigenvalue weighted by atomic mass is 32.1. The predicted octanol–water partition coefficient (Wildman–Crippen LogP) is 2.02. The SMILES string of the molecule is CC(C)CC(=O)Nc1nc(C(=O)NC2CC2)cs1. The summed E-state index contributed by atoms with van der Waals surface area (Å²) in [5, 5.41) is 7.72. The Morgan fingerprint density at radius 3 is 2.83 bits per heavy atom. The van der Waals surface area contributed by atoms with Crippen LogP contribution in [0.15, 0.2) is 5.38 Å². The molecule has 0 saturated heterocycles. The number of thiazole rings is 1. The monoisotopic (exact) mass is 267 g/mol. The van der Waals surface area contributed by atoms with Gasteiger partial charge in [-0.25, -0.2) is 4.98 Å². The Balaban J connectivity index is 1.88. The van der Waals surface area contributed by atoms with E-state index in [0.717, 1.165) is 12.8 Å². The van der Waals surface area contributed by atoms with E-state index in [1.807, 2.05) is 13.8 Å². The van der Waals surface area contributed by atoms with Crippen molar-refractivity contribution in [3.8, 4) is 0 Å². The van der Waals surface area contributed by atoms with E-state index in [0.29, 0.717) is 29.2 Å². The number of carbonyl (C=O) groups excluding carboxylic acids is 2. The zero-order chi connectivity index (χ0) is 13.1. The topological polar surface area (TPSA) is 71.1 Å². The maximum atomic E-state index is 11.7. The van der Waals surface area contributed by atoms with E-state index >= 15 is 0 Å². The fraction of sp³-hybridized carbons (Fsp3) is 0.583. The van der Waals surface area contributed by atoms with Crippen molar-refractivity contribution in [3.05, 3.63) is 11.1 Å². The minimum atomic E-state index is -0.155. The van der Waals surface area contributed by atoms with E-state index in [-0.39, 0.29) is 11.8 Å². The molecule has 6 heteroatoms. The van der Waals surface area contributed by atoms with E-state index < -0.39 is 0 Å². The third kappa shape index (κ3) is 3.80. The molecule has 1 saturated carbocycles. The second-order valence-electron chi connectivity index (χ2n) is 4.93. The summed E-state index contributed by atoms with van der Waals surface area (Å²) in [7, 11) is 0. The van der Waals surface area contributed by atoms with Crippen LogP contribution >= 0.6 is 11.3 Å². The number of nitrogens with one attached hydrogen (secondary N) is 2. The molecule has 1 aromatic rings.